The van der Waals surface area contributed by atoms with E-state index < -0.39 is 0 Å². The summed E-state index contributed by atoms with van der Waals surface area (Å²) < 4.78 is 0. The van der Waals surface area contributed by atoms with Crippen molar-refractivity contribution in [1.82, 2.24) is 14.8 Å². The molecule has 2 aliphatic heterocycles. The van der Waals surface area contributed by atoms with Crippen molar-refractivity contribution in [2.45, 2.75) is 52.6 Å². The van der Waals surface area contributed by atoms with Gasteiger partial charge in [0.1, 0.15) is 0 Å². The fourth-order valence-electron chi connectivity index (χ4n) is 4.05. The van der Waals surface area contributed by atoms with E-state index in [1.165, 1.54) is 12.8 Å². The zero-order valence-corrected chi connectivity index (χ0v) is 14.7. The number of piperidine rings is 1. The molecule has 0 unspecified atom stereocenters. The first kappa shape index (κ1) is 16.4. The lowest BCUT2D eigenvalue weighted by molar-refractivity contribution is -0.131. The maximum Gasteiger partial charge on any atom is 0.222 e. The van der Waals surface area contributed by atoms with Crippen LogP contribution in [0.5, 0.6) is 0 Å². The molecule has 0 spiro atoms. The Kier molecular flexibility index (Phi) is 5.00. The summed E-state index contributed by atoms with van der Waals surface area (Å²) in [7, 11) is 0. The number of hydrogen-bond donors (Lipinski definition) is 0. The summed E-state index contributed by atoms with van der Waals surface area (Å²) in [5.74, 6) is 1.42. The molecule has 4 heteroatoms. The number of aryl methyl sites for hydroxylation is 1. The van der Waals surface area contributed by atoms with Crippen molar-refractivity contribution < 1.29 is 4.79 Å². The molecule has 0 aromatic carbocycles. The van der Waals surface area contributed by atoms with E-state index in [0.717, 1.165) is 37.6 Å². The normalized spacial score (nSPS) is 25.0. The molecule has 126 valence electrons. The van der Waals surface area contributed by atoms with Gasteiger partial charge in [-0.15, -0.1) is 0 Å². The molecule has 2 aliphatic rings. The van der Waals surface area contributed by atoms with Crippen molar-refractivity contribution in [1.29, 1.82) is 0 Å². The highest BCUT2D eigenvalue weighted by Crippen LogP contribution is 2.32. The number of aromatic nitrogens is 1. The second kappa shape index (κ2) is 7.00. The largest absolute Gasteiger partial charge is 0.341 e. The number of carbonyl (C=O) groups excluding carboxylic acids is 1. The monoisotopic (exact) mass is 315 g/mol. The number of amides is 1. The Morgan fingerprint density at radius 1 is 1.35 bits per heavy atom. The van der Waals surface area contributed by atoms with Crippen LogP contribution in [0.3, 0.4) is 0 Å². The summed E-state index contributed by atoms with van der Waals surface area (Å²) >= 11 is 0. The number of nitrogens with zero attached hydrogens (tertiary/aromatic N) is 3. The van der Waals surface area contributed by atoms with E-state index in [2.05, 4.69) is 40.8 Å². The highest BCUT2D eigenvalue weighted by atomic mass is 16.2. The molecule has 4 nitrogen and oxygen atoms in total. The van der Waals surface area contributed by atoms with Gasteiger partial charge in [-0.3, -0.25) is 14.7 Å². The summed E-state index contributed by atoms with van der Waals surface area (Å²) in [6.07, 6.45) is 3.17. The molecule has 0 aliphatic carbocycles. The third kappa shape index (κ3) is 3.92. The van der Waals surface area contributed by atoms with Crippen LogP contribution in [0.4, 0.5) is 0 Å². The van der Waals surface area contributed by atoms with Crippen LogP contribution in [0.25, 0.3) is 0 Å². The van der Waals surface area contributed by atoms with E-state index in [1.807, 2.05) is 13.0 Å². The van der Waals surface area contributed by atoms with Crippen LogP contribution in [-0.4, -0.2) is 46.4 Å². The molecule has 1 aromatic rings. The van der Waals surface area contributed by atoms with Crippen LogP contribution in [-0.2, 0) is 11.3 Å². The lowest BCUT2D eigenvalue weighted by Gasteiger charge is -2.36. The van der Waals surface area contributed by atoms with E-state index >= 15 is 0 Å². The predicted octanol–water partition coefficient (Wildman–Crippen LogP) is 2.86. The van der Waals surface area contributed by atoms with Crippen molar-refractivity contribution in [3.63, 3.8) is 0 Å². The minimum absolute atomic E-state index is 0.336. The van der Waals surface area contributed by atoms with Crippen LogP contribution in [0.1, 0.15) is 44.5 Å². The summed E-state index contributed by atoms with van der Waals surface area (Å²) in [6.45, 7) is 10.2. The van der Waals surface area contributed by atoms with Crippen LogP contribution < -0.4 is 0 Å². The average Bonchev–Trinajstić information content (AvgIpc) is 2.92. The smallest absolute Gasteiger partial charge is 0.222 e. The number of carbonyl (C=O) groups is 1. The van der Waals surface area contributed by atoms with Crippen molar-refractivity contribution in [2.24, 2.45) is 11.8 Å². The number of likely N-dealkylation sites (tertiary alicyclic amines) is 2. The first-order valence-electron chi connectivity index (χ1n) is 8.97. The fraction of sp³-hybridized carbons (Fsp3) is 0.684. The first-order chi connectivity index (χ1) is 11.0. The quantitative estimate of drug-likeness (QED) is 0.857. The Morgan fingerprint density at radius 2 is 2.17 bits per heavy atom. The van der Waals surface area contributed by atoms with Crippen molar-refractivity contribution in [2.75, 3.05) is 19.6 Å². The standard InChI is InChI=1S/C19H29N3O/c1-14(2)10-19(23)22-11-16-7-5-9-21(18(16)13-22)12-17-8-4-6-15(3)20-17/h4,6,8,14,16,18H,5,7,9-13H2,1-3H3/t16-,18+/m1/s1. The van der Waals surface area contributed by atoms with Gasteiger partial charge in [-0.1, -0.05) is 19.9 Å². The van der Waals surface area contributed by atoms with Gasteiger partial charge in [0.2, 0.25) is 5.91 Å². The van der Waals surface area contributed by atoms with Gasteiger partial charge in [0, 0.05) is 37.8 Å². The summed E-state index contributed by atoms with van der Waals surface area (Å²) in [6, 6.07) is 6.77. The zero-order chi connectivity index (χ0) is 16.4. The Labute approximate surface area is 139 Å². The number of pyridine rings is 1. The predicted molar refractivity (Wildman–Crippen MR) is 91.9 cm³/mol. The van der Waals surface area contributed by atoms with Gasteiger partial charge in [-0.25, -0.2) is 0 Å². The van der Waals surface area contributed by atoms with Crippen LogP contribution >= 0.6 is 0 Å². The Bertz CT molecular complexity index is 557. The summed E-state index contributed by atoms with van der Waals surface area (Å²) in [4.78, 5) is 21.7. The van der Waals surface area contributed by atoms with Crippen molar-refractivity contribution in [3.05, 3.63) is 29.6 Å². The fourth-order valence-corrected chi connectivity index (χ4v) is 4.05. The molecule has 0 bridgehead atoms. The number of rotatable bonds is 4. The molecular formula is C19H29N3O. The average molecular weight is 315 g/mol. The first-order valence-corrected chi connectivity index (χ1v) is 8.97. The van der Waals surface area contributed by atoms with E-state index in [-0.39, 0.29) is 0 Å². The number of hydrogen-bond acceptors (Lipinski definition) is 3. The van der Waals surface area contributed by atoms with Crippen LogP contribution in [0.15, 0.2) is 18.2 Å². The highest BCUT2D eigenvalue weighted by molar-refractivity contribution is 5.76. The maximum atomic E-state index is 12.4. The molecule has 3 rings (SSSR count). The SMILES string of the molecule is Cc1cccc(CN2CCC[C@@H]3CN(C(=O)CC(C)C)C[C@@H]32)n1. The molecule has 0 radical (unpaired) electrons. The molecule has 1 aromatic heterocycles. The molecule has 2 fully saturated rings. The molecule has 1 amide bonds. The molecule has 23 heavy (non-hydrogen) atoms. The summed E-state index contributed by atoms with van der Waals surface area (Å²) in [5, 5.41) is 0. The van der Waals surface area contributed by atoms with Gasteiger partial charge in [0.25, 0.3) is 0 Å². The Hall–Kier alpha value is -1.42. The van der Waals surface area contributed by atoms with Gasteiger partial charge < -0.3 is 4.90 Å². The van der Waals surface area contributed by atoms with Gasteiger partial charge in [-0.05, 0) is 50.3 Å². The molecular weight excluding hydrogens is 286 g/mol. The molecule has 0 N–H and O–H groups in total. The van der Waals surface area contributed by atoms with E-state index in [1.54, 1.807) is 0 Å². The minimum Gasteiger partial charge on any atom is -0.341 e. The minimum atomic E-state index is 0.336. The molecule has 2 saturated heterocycles. The van der Waals surface area contributed by atoms with Gasteiger partial charge in [0.05, 0.1) is 5.69 Å². The van der Waals surface area contributed by atoms with Crippen molar-refractivity contribution >= 4 is 5.91 Å². The highest BCUT2D eigenvalue weighted by Gasteiger charge is 2.40. The Morgan fingerprint density at radius 3 is 2.91 bits per heavy atom. The lowest BCUT2D eigenvalue weighted by Crippen LogP contribution is -2.44. The van der Waals surface area contributed by atoms with Gasteiger partial charge in [-0.2, -0.15) is 0 Å². The lowest BCUT2D eigenvalue weighted by atomic mass is 9.92. The van der Waals surface area contributed by atoms with Crippen LogP contribution in [0.2, 0.25) is 0 Å². The molecule has 2 atom stereocenters. The Balaban J connectivity index is 1.66. The van der Waals surface area contributed by atoms with Crippen LogP contribution in [0, 0.1) is 18.8 Å². The van der Waals surface area contributed by atoms with Gasteiger partial charge in [0.15, 0.2) is 0 Å². The van der Waals surface area contributed by atoms with E-state index in [9.17, 15) is 4.79 Å². The maximum absolute atomic E-state index is 12.4. The third-order valence-electron chi connectivity index (χ3n) is 5.14. The van der Waals surface area contributed by atoms with E-state index in [0.29, 0.717) is 30.2 Å². The second-order valence-corrected chi connectivity index (χ2v) is 7.61. The topological polar surface area (TPSA) is 36.4 Å². The van der Waals surface area contributed by atoms with E-state index in [4.69, 9.17) is 0 Å². The second-order valence-electron chi connectivity index (χ2n) is 7.61. The zero-order valence-electron chi connectivity index (χ0n) is 14.7. The third-order valence-corrected chi connectivity index (χ3v) is 5.14. The molecule has 0 saturated carbocycles. The summed E-state index contributed by atoms with van der Waals surface area (Å²) in [5.41, 5.74) is 2.23. The number of fused-ring (bicyclic) bond motifs is 1. The molecule has 3 heterocycles. The van der Waals surface area contributed by atoms with Crippen molar-refractivity contribution in [3.8, 4) is 0 Å². The van der Waals surface area contributed by atoms with Gasteiger partial charge >= 0.3 is 0 Å².